The monoisotopic (exact) mass is 313 g/mol. The van der Waals surface area contributed by atoms with Crippen molar-refractivity contribution >= 4 is 18.4 Å². The van der Waals surface area contributed by atoms with Crippen LogP contribution in [0.3, 0.4) is 0 Å². The second-order valence-corrected chi connectivity index (χ2v) is 5.28. The maximum atomic E-state index is 11.3. The zero-order valence-corrected chi connectivity index (χ0v) is 13.3. The Bertz CT molecular complexity index is 433. The van der Waals surface area contributed by atoms with Crippen molar-refractivity contribution in [1.29, 1.82) is 0 Å². The Hall–Kier alpha value is -1.10. The van der Waals surface area contributed by atoms with E-state index in [1.54, 1.807) is 0 Å². The second kappa shape index (κ2) is 9.77. The molecule has 1 aliphatic heterocycles. The highest BCUT2D eigenvalue weighted by molar-refractivity contribution is 5.85. The number of ether oxygens (including phenoxy) is 2. The van der Waals surface area contributed by atoms with E-state index in [0.29, 0.717) is 18.9 Å². The summed E-state index contributed by atoms with van der Waals surface area (Å²) >= 11 is 0. The summed E-state index contributed by atoms with van der Waals surface area (Å²) in [5.74, 6) is 0.465. The minimum Gasteiger partial charge on any atom is -0.469 e. The van der Waals surface area contributed by atoms with Gasteiger partial charge in [0.25, 0.3) is 0 Å². The van der Waals surface area contributed by atoms with Crippen molar-refractivity contribution in [3.05, 3.63) is 35.4 Å². The van der Waals surface area contributed by atoms with E-state index in [1.165, 1.54) is 20.0 Å². The van der Waals surface area contributed by atoms with E-state index in [4.69, 9.17) is 4.74 Å². The predicted octanol–water partition coefficient (Wildman–Crippen LogP) is 2.34. The number of piperidine rings is 1. The van der Waals surface area contributed by atoms with E-state index in [-0.39, 0.29) is 18.4 Å². The van der Waals surface area contributed by atoms with Gasteiger partial charge in [-0.15, -0.1) is 12.4 Å². The van der Waals surface area contributed by atoms with E-state index in [2.05, 4.69) is 10.1 Å². The van der Waals surface area contributed by atoms with E-state index < -0.39 is 0 Å². The number of benzene rings is 1. The van der Waals surface area contributed by atoms with Crippen molar-refractivity contribution in [3.8, 4) is 0 Å². The third-order valence-corrected chi connectivity index (χ3v) is 3.65. The molecular formula is C16H24ClNO3. The van der Waals surface area contributed by atoms with Gasteiger partial charge in [-0.2, -0.15) is 0 Å². The molecule has 1 aromatic rings. The van der Waals surface area contributed by atoms with Crippen LogP contribution in [0.1, 0.15) is 24.0 Å². The summed E-state index contributed by atoms with van der Waals surface area (Å²) in [6.07, 6.45) is 2.71. The normalized spacial score (nSPS) is 15.3. The molecule has 1 aromatic carbocycles. The molecular weight excluding hydrogens is 290 g/mol. The van der Waals surface area contributed by atoms with Crippen molar-refractivity contribution in [2.45, 2.75) is 25.9 Å². The van der Waals surface area contributed by atoms with E-state index in [0.717, 1.165) is 30.8 Å². The summed E-state index contributed by atoms with van der Waals surface area (Å²) in [4.78, 5) is 11.3. The molecule has 2 rings (SSSR count). The third-order valence-electron chi connectivity index (χ3n) is 3.65. The highest BCUT2D eigenvalue weighted by Gasteiger charge is 2.12. The Morgan fingerprint density at radius 3 is 2.71 bits per heavy atom. The standard InChI is InChI=1S/C16H23NO3.ClH/c1-19-16(18)10-14-3-2-4-15(9-14)12-20-11-13-5-7-17-8-6-13;/h2-4,9,13,17H,5-8,10-12H2,1H3;1H. The number of hydrogen-bond donors (Lipinski definition) is 1. The molecule has 1 heterocycles. The Morgan fingerprint density at radius 2 is 2.00 bits per heavy atom. The van der Waals surface area contributed by atoms with Gasteiger partial charge in [-0.25, -0.2) is 0 Å². The Kier molecular flexibility index (Phi) is 8.35. The molecule has 118 valence electrons. The molecule has 1 aliphatic rings. The molecule has 0 atom stereocenters. The highest BCUT2D eigenvalue weighted by Crippen LogP contribution is 2.14. The topological polar surface area (TPSA) is 47.6 Å². The maximum Gasteiger partial charge on any atom is 0.309 e. The smallest absolute Gasteiger partial charge is 0.309 e. The lowest BCUT2D eigenvalue weighted by atomic mass is 9.99. The lowest BCUT2D eigenvalue weighted by Crippen LogP contribution is -2.29. The van der Waals surface area contributed by atoms with E-state index in [1.807, 2.05) is 24.3 Å². The lowest BCUT2D eigenvalue weighted by Gasteiger charge is -2.22. The zero-order valence-electron chi connectivity index (χ0n) is 12.5. The number of carbonyl (C=O) groups excluding carboxylic acids is 1. The molecule has 0 radical (unpaired) electrons. The minimum absolute atomic E-state index is 0. The van der Waals surface area contributed by atoms with Gasteiger partial charge in [0.2, 0.25) is 0 Å². The van der Waals surface area contributed by atoms with Crippen LogP contribution in [0.2, 0.25) is 0 Å². The van der Waals surface area contributed by atoms with Gasteiger partial charge in [-0.05, 0) is 43.0 Å². The molecule has 0 spiro atoms. The first-order chi connectivity index (χ1) is 9.78. The number of rotatable bonds is 6. The molecule has 0 saturated carbocycles. The van der Waals surface area contributed by atoms with E-state index >= 15 is 0 Å². The average molecular weight is 314 g/mol. The molecule has 0 bridgehead atoms. The number of nitrogens with one attached hydrogen (secondary N) is 1. The molecule has 21 heavy (non-hydrogen) atoms. The SMILES string of the molecule is COC(=O)Cc1cccc(COCC2CCNCC2)c1.Cl. The number of halogens is 1. The largest absolute Gasteiger partial charge is 0.469 e. The number of carbonyl (C=O) groups is 1. The average Bonchev–Trinajstić information content (AvgIpc) is 2.48. The lowest BCUT2D eigenvalue weighted by molar-refractivity contribution is -0.139. The Balaban J connectivity index is 0.00000220. The maximum absolute atomic E-state index is 11.3. The van der Waals surface area contributed by atoms with Crippen molar-refractivity contribution < 1.29 is 14.3 Å². The van der Waals surface area contributed by atoms with Gasteiger partial charge in [0.05, 0.1) is 20.1 Å². The molecule has 1 N–H and O–H groups in total. The van der Waals surface area contributed by atoms with Crippen LogP contribution in [-0.2, 0) is 27.3 Å². The van der Waals surface area contributed by atoms with Crippen LogP contribution in [0.5, 0.6) is 0 Å². The molecule has 5 heteroatoms. The summed E-state index contributed by atoms with van der Waals surface area (Å²) in [7, 11) is 1.41. The minimum atomic E-state index is -0.210. The van der Waals surface area contributed by atoms with Gasteiger partial charge < -0.3 is 14.8 Å². The fourth-order valence-corrected chi connectivity index (χ4v) is 2.46. The first-order valence-corrected chi connectivity index (χ1v) is 7.21. The molecule has 0 aliphatic carbocycles. The van der Waals surface area contributed by atoms with Gasteiger partial charge in [0, 0.05) is 6.61 Å². The molecule has 4 nitrogen and oxygen atoms in total. The third kappa shape index (κ3) is 6.46. The summed E-state index contributed by atoms with van der Waals surface area (Å²) < 4.78 is 10.5. The quantitative estimate of drug-likeness (QED) is 0.819. The van der Waals surface area contributed by atoms with Gasteiger partial charge in [0.15, 0.2) is 0 Å². The van der Waals surface area contributed by atoms with Crippen molar-refractivity contribution in [3.63, 3.8) is 0 Å². The van der Waals surface area contributed by atoms with Crippen molar-refractivity contribution in [2.75, 3.05) is 26.8 Å². The molecule has 1 saturated heterocycles. The number of esters is 1. The van der Waals surface area contributed by atoms with Crippen LogP contribution in [-0.4, -0.2) is 32.8 Å². The number of hydrogen-bond acceptors (Lipinski definition) is 4. The summed E-state index contributed by atoms with van der Waals surface area (Å²) in [6, 6.07) is 7.94. The highest BCUT2D eigenvalue weighted by atomic mass is 35.5. The van der Waals surface area contributed by atoms with Crippen LogP contribution in [0, 0.1) is 5.92 Å². The first-order valence-electron chi connectivity index (χ1n) is 7.21. The van der Waals surface area contributed by atoms with Gasteiger partial charge >= 0.3 is 5.97 Å². The predicted molar refractivity (Wildman–Crippen MR) is 84.7 cm³/mol. The fourth-order valence-electron chi connectivity index (χ4n) is 2.46. The van der Waals surface area contributed by atoms with Crippen molar-refractivity contribution in [2.24, 2.45) is 5.92 Å². The summed E-state index contributed by atoms with van der Waals surface area (Å²) in [6.45, 7) is 3.63. The summed E-state index contributed by atoms with van der Waals surface area (Å²) in [5.41, 5.74) is 2.08. The van der Waals surface area contributed by atoms with Gasteiger partial charge in [0.1, 0.15) is 0 Å². The van der Waals surface area contributed by atoms with Crippen LogP contribution < -0.4 is 5.32 Å². The molecule has 1 fully saturated rings. The molecule has 0 unspecified atom stereocenters. The van der Waals surface area contributed by atoms with E-state index in [9.17, 15) is 4.79 Å². The van der Waals surface area contributed by atoms with Crippen LogP contribution in [0.25, 0.3) is 0 Å². The van der Waals surface area contributed by atoms with Gasteiger partial charge in [-0.3, -0.25) is 4.79 Å². The Morgan fingerprint density at radius 1 is 1.29 bits per heavy atom. The fraction of sp³-hybridized carbons (Fsp3) is 0.562. The van der Waals surface area contributed by atoms with Crippen LogP contribution in [0.4, 0.5) is 0 Å². The first kappa shape index (κ1) is 18.0. The molecule has 0 aromatic heterocycles. The molecule has 0 amide bonds. The zero-order chi connectivity index (χ0) is 14.2. The van der Waals surface area contributed by atoms with Crippen molar-refractivity contribution in [1.82, 2.24) is 5.32 Å². The summed E-state index contributed by atoms with van der Waals surface area (Å²) in [5, 5.41) is 3.35. The van der Waals surface area contributed by atoms with Crippen LogP contribution in [0.15, 0.2) is 24.3 Å². The van der Waals surface area contributed by atoms with Gasteiger partial charge in [-0.1, -0.05) is 24.3 Å². The number of methoxy groups -OCH3 is 1. The second-order valence-electron chi connectivity index (χ2n) is 5.28. The van der Waals surface area contributed by atoms with Crippen LogP contribution >= 0.6 is 12.4 Å². The Labute approximate surface area is 132 Å².